The molecule has 0 radical (unpaired) electrons. The Hall–Kier alpha value is -1.55. The monoisotopic (exact) mass is 297 g/mol. The average molecular weight is 298 g/mol. The molecule has 0 saturated heterocycles. The summed E-state index contributed by atoms with van der Waals surface area (Å²) in [4.78, 5) is 23.2. The third kappa shape index (κ3) is 4.85. The zero-order valence-corrected chi connectivity index (χ0v) is 12.7. The van der Waals surface area contributed by atoms with Gasteiger partial charge >= 0.3 is 5.97 Å². The fourth-order valence-corrected chi connectivity index (χ4v) is 2.16. The van der Waals surface area contributed by atoms with Gasteiger partial charge in [0.05, 0.1) is 5.92 Å². The number of nitrogens with one attached hydrogen (secondary N) is 1. The van der Waals surface area contributed by atoms with Crippen LogP contribution in [0.15, 0.2) is 18.2 Å². The Morgan fingerprint density at radius 2 is 2.00 bits per heavy atom. The van der Waals surface area contributed by atoms with E-state index in [1.807, 2.05) is 20.8 Å². The molecular weight excluding hydrogens is 278 g/mol. The van der Waals surface area contributed by atoms with E-state index < -0.39 is 11.9 Å². The van der Waals surface area contributed by atoms with E-state index in [0.29, 0.717) is 17.0 Å². The fraction of sp³-hybridized carbons (Fsp3) is 0.467. The Balaban J connectivity index is 2.70. The number of benzene rings is 1. The molecule has 5 heteroatoms. The van der Waals surface area contributed by atoms with E-state index >= 15 is 0 Å². The second-order valence-electron chi connectivity index (χ2n) is 5.33. The summed E-state index contributed by atoms with van der Waals surface area (Å²) in [6.07, 6.45) is 0.532. The molecule has 0 fully saturated rings. The molecule has 0 aliphatic rings. The van der Waals surface area contributed by atoms with Crippen LogP contribution in [0.3, 0.4) is 0 Å². The van der Waals surface area contributed by atoms with Crippen LogP contribution < -0.4 is 5.32 Å². The number of rotatable bonds is 6. The van der Waals surface area contributed by atoms with Crippen molar-refractivity contribution in [2.45, 2.75) is 27.2 Å². The molecule has 1 rings (SSSR count). The summed E-state index contributed by atoms with van der Waals surface area (Å²) < 4.78 is 0. The summed E-state index contributed by atoms with van der Waals surface area (Å²) >= 11 is 5.87. The Morgan fingerprint density at radius 3 is 2.55 bits per heavy atom. The molecule has 0 bridgehead atoms. The minimum absolute atomic E-state index is 0.123. The largest absolute Gasteiger partial charge is 0.481 e. The van der Waals surface area contributed by atoms with Crippen LogP contribution >= 0.6 is 11.6 Å². The molecule has 2 N–H and O–H groups in total. The number of hydrogen-bond acceptors (Lipinski definition) is 2. The molecule has 1 unspecified atom stereocenters. The van der Waals surface area contributed by atoms with Crippen LogP contribution in [0, 0.1) is 18.8 Å². The summed E-state index contributed by atoms with van der Waals surface area (Å²) in [6, 6.07) is 5.07. The standard InChI is InChI=1S/C15H20ClNO3/c1-9(2)6-11(15(19)20)8-17-14(18)13-7-12(16)5-4-10(13)3/h4-5,7,9,11H,6,8H2,1-3H3,(H,17,18)(H,19,20). The van der Waals surface area contributed by atoms with Gasteiger partial charge in [-0.3, -0.25) is 9.59 Å². The van der Waals surface area contributed by atoms with Crippen molar-refractivity contribution < 1.29 is 14.7 Å². The number of carbonyl (C=O) groups excluding carboxylic acids is 1. The molecule has 1 amide bonds. The lowest BCUT2D eigenvalue weighted by atomic mass is 9.97. The normalized spacial score (nSPS) is 12.2. The highest BCUT2D eigenvalue weighted by Gasteiger charge is 2.20. The van der Waals surface area contributed by atoms with Crippen LogP contribution in [0.1, 0.15) is 36.2 Å². The van der Waals surface area contributed by atoms with Gasteiger partial charge in [-0.2, -0.15) is 0 Å². The van der Waals surface area contributed by atoms with Crippen LogP contribution in [-0.2, 0) is 4.79 Å². The first kappa shape index (κ1) is 16.5. The maximum absolute atomic E-state index is 12.1. The quantitative estimate of drug-likeness (QED) is 0.848. The number of carbonyl (C=O) groups is 2. The molecular formula is C15H20ClNO3. The van der Waals surface area contributed by atoms with Crippen LogP contribution in [0.5, 0.6) is 0 Å². The lowest BCUT2D eigenvalue weighted by Gasteiger charge is -2.16. The van der Waals surface area contributed by atoms with Gasteiger partial charge in [0, 0.05) is 17.1 Å². The smallest absolute Gasteiger partial charge is 0.308 e. The molecule has 0 aromatic heterocycles. The Bertz CT molecular complexity index is 500. The van der Waals surface area contributed by atoms with Crippen molar-refractivity contribution in [3.8, 4) is 0 Å². The number of halogens is 1. The molecule has 0 spiro atoms. The van der Waals surface area contributed by atoms with E-state index in [2.05, 4.69) is 5.32 Å². The highest BCUT2D eigenvalue weighted by molar-refractivity contribution is 6.31. The second-order valence-corrected chi connectivity index (χ2v) is 5.77. The maximum Gasteiger partial charge on any atom is 0.308 e. The third-order valence-corrected chi connectivity index (χ3v) is 3.29. The first-order valence-corrected chi connectivity index (χ1v) is 6.96. The summed E-state index contributed by atoms with van der Waals surface area (Å²) in [5, 5.41) is 12.3. The number of hydrogen-bond donors (Lipinski definition) is 2. The van der Waals surface area contributed by atoms with E-state index in [-0.39, 0.29) is 18.4 Å². The first-order chi connectivity index (χ1) is 9.31. The van der Waals surface area contributed by atoms with Gasteiger partial charge < -0.3 is 10.4 Å². The number of aryl methyl sites for hydroxylation is 1. The summed E-state index contributed by atoms with van der Waals surface area (Å²) in [6.45, 7) is 5.85. The van der Waals surface area contributed by atoms with E-state index in [4.69, 9.17) is 16.7 Å². The summed E-state index contributed by atoms with van der Waals surface area (Å²) in [5.41, 5.74) is 1.29. The highest BCUT2D eigenvalue weighted by Crippen LogP contribution is 2.16. The van der Waals surface area contributed by atoms with E-state index in [9.17, 15) is 9.59 Å². The molecule has 0 aliphatic carbocycles. The first-order valence-electron chi connectivity index (χ1n) is 6.58. The number of carboxylic acid groups (broad SMARTS) is 1. The van der Waals surface area contributed by atoms with Crippen molar-refractivity contribution >= 4 is 23.5 Å². The summed E-state index contributed by atoms with van der Waals surface area (Å²) in [7, 11) is 0. The zero-order valence-electron chi connectivity index (χ0n) is 11.9. The minimum Gasteiger partial charge on any atom is -0.481 e. The second kappa shape index (κ2) is 7.29. The predicted molar refractivity (Wildman–Crippen MR) is 79.1 cm³/mol. The van der Waals surface area contributed by atoms with Gasteiger partial charge in [-0.15, -0.1) is 0 Å². The van der Waals surface area contributed by atoms with Gasteiger partial charge in [-0.1, -0.05) is 31.5 Å². The number of amides is 1. The number of aliphatic carboxylic acids is 1. The van der Waals surface area contributed by atoms with Crippen molar-refractivity contribution in [3.63, 3.8) is 0 Å². The molecule has 1 aromatic carbocycles. The van der Waals surface area contributed by atoms with E-state index in [1.165, 1.54) is 0 Å². The van der Waals surface area contributed by atoms with Gasteiger partial charge in [-0.05, 0) is 37.0 Å². The molecule has 0 saturated carbocycles. The zero-order chi connectivity index (χ0) is 15.3. The molecule has 1 atom stereocenters. The van der Waals surface area contributed by atoms with Crippen molar-refractivity contribution in [2.24, 2.45) is 11.8 Å². The van der Waals surface area contributed by atoms with Crippen molar-refractivity contribution in [1.29, 1.82) is 0 Å². The molecule has 1 aromatic rings. The Labute approximate surface area is 124 Å². The third-order valence-electron chi connectivity index (χ3n) is 3.06. The van der Waals surface area contributed by atoms with Gasteiger partial charge in [-0.25, -0.2) is 0 Å². The van der Waals surface area contributed by atoms with Crippen molar-refractivity contribution in [1.82, 2.24) is 5.32 Å². The topological polar surface area (TPSA) is 66.4 Å². The lowest BCUT2D eigenvalue weighted by molar-refractivity contribution is -0.142. The van der Waals surface area contributed by atoms with Gasteiger partial charge in [0.1, 0.15) is 0 Å². The Kier molecular flexibility index (Phi) is 6.02. The molecule has 20 heavy (non-hydrogen) atoms. The molecule has 0 heterocycles. The molecule has 4 nitrogen and oxygen atoms in total. The van der Waals surface area contributed by atoms with Crippen LogP contribution in [0.4, 0.5) is 0 Å². The van der Waals surface area contributed by atoms with Crippen LogP contribution in [0.25, 0.3) is 0 Å². The van der Waals surface area contributed by atoms with E-state index in [1.54, 1.807) is 18.2 Å². The predicted octanol–water partition coefficient (Wildman–Crippen LogP) is 3.13. The van der Waals surface area contributed by atoms with Gasteiger partial charge in [0.25, 0.3) is 5.91 Å². The molecule has 0 aliphatic heterocycles. The average Bonchev–Trinajstić information content (AvgIpc) is 2.36. The lowest BCUT2D eigenvalue weighted by Crippen LogP contribution is -2.34. The highest BCUT2D eigenvalue weighted by atomic mass is 35.5. The van der Waals surface area contributed by atoms with E-state index in [0.717, 1.165) is 5.56 Å². The maximum atomic E-state index is 12.1. The summed E-state index contributed by atoms with van der Waals surface area (Å²) in [5.74, 6) is -1.49. The SMILES string of the molecule is Cc1ccc(Cl)cc1C(=O)NCC(CC(C)C)C(=O)O. The number of carboxylic acids is 1. The molecule has 110 valence electrons. The van der Waals surface area contributed by atoms with Crippen molar-refractivity contribution in [2.75, 3.05) is 6.54 Å². The van der Waals surface area contributed by atoms with Crippen LogP contribution in [-0.4, -0.2) is 23.5 Å². The Morgan fingerprint density at radius 1 is 1.35 bits per heavy atom. The van der Waals surface area contributed by atoms with Crippen molar-refractivity contribution in [3.05, 3.63) is 34.3 Å². The fourth-order valence-electron chi connectivity index (χ4n) is 1.99. The van der Waals surface area contributed by atoms with Crippen LogP contribution in [0.2, 0.25) is 5.02 Å². The van der Waals surface area contributed by atoms with Gasteiger partial charge in [0.15, 0.2) is 0 Å². The van der Waals surface area contributed by atoms with Gasteiger partial charge in [0.2, 0.25) is 0 Å². The minimum atomic E-state index is -0.887.